The topological polar surface area (TPSA) is 17.1 Å². The van der Waals surface area contributed by atoms with Gasteiger partial charge in [-0.05, 0) is 54.0 Å². The Kier molecular flexibility index (Phi) is 4.46. The van der Waals surface area contributed by atoms with Gasteiger partial charge >= 0.3 is 0 Å². The van der Waals surface area contributed by atoms with Gasteiger partial charge in [0.15, 0.2) is 5.78 Å². The third-order valence-corrected chi connectivity index (χ3v) is 4.31. The lowest BCUT2D eigenvalue weighted by atomic mass is 9.73. The van der Waals surface area contributed by atoms with E-state index in [2.05, 4.69) is 20.8 Å². The van der Waals surface area contributed by atoms with Crippen LogP contribution in [-0.2, 0) is 4.79 Å². The second-order valence-electron chi connectivity index (χ2n) is 5.84. The molecule has 0 spiro atoms. The fraction of sp³-hybridized carbons (Fsp3) is 0.471. The fourth-order valence-corrected chi connectivity index (χ4v) is 2.89. The summed E-state index contributed by atoms with van der Waals surface area (Å²) in [5.41, 5.74) is 2.04. The molecule has 2 atom stereocenters. The molecule has 1 saturated carbocycles. The van der Waals surface area contributed by atoms with E-state index in [1.807, 2.05) is 30.3 Å². The molecule has 0 aromatic heterocycles. The molecule has 1 nitrogen and oxygen atoms in total. The van der Waals surface area contributed by atoms with Crippen LogP contribution in [0.3, 0.4) is 0 Å². The summed E-state index contributed by atoms with van der Waals surface area (Å²) in [6.07, 6.45) is 4.17. The minimum Gasteiger partial charge on any atom is -0.294 e. The molecule has 1 aliphatic rings. The van der Waals surface area contributed by atoms with Gasteiger partial charge in [-0.15, -0.1) is 0 Å². The van der Waals surface area contributed by atoms with Gasteiger partial charge in [-0.25, -0.2) is 0 Å². The molecule has 2 unspecified atom stereocenters. The van der Waals surface area contributed by atoms with Crippen molar-refractivity contribution in [3.05, 3.63) is 40.4 Å². The first kappa shape index (κ1) is 14.3. The van der Waals surface area contributed by atoms with Crippen molar-refractivity contribution in [3.8, 4) is 0 Å². The smallest absolute Gasteiger partial charge is 0.162 e. The van der Waals surface area contributed by atoms with E-state index >= 15 is 0 Å². The standard InChI is InChI=1S/C17H21ClO/c1-11(2)15-9-4-12(3)16(17(15)19)10-13-5-7-14(18)8-6-13/h5-8,10-12,15H,4,9H2,1-3H3/b16-10-. The van der Waals surface area contributed by atoms with Crippen molar-refractivity contribution < 1.29 is 4.79 Å². The molecule has 2 heteroatoms. The van der Waals surface area contributed by atoms with Gasteiger partial charge in [0.1, 0.15) is 0 Å². The van der Waals surface area contributed by atoms with E-state index in [0.29, 0.717) is 17.6 Å². The van der Waals surface area contributed by atoms with Crippen molar-refractivity contribution in [1.29, 1.82) is 0 Å². The van der Waals surface area contributed by atoms with Gasteiger partial charge in [0.25, 0.3) is 0 Å². The lowest BCUT2D eigenvalue weighted by Crippen LogP contribution is -2.30. The van der Waals surface area contributed by atoms with Gasteiger partial charge in [-0.1, -0.05) is 44.5 Å². The molecule has 0 aliphatic heterocycles. The monoisotopic (exact) mass is 276 g/mol. The summed E-state index contributed by atoms with van der Waals surface area (Å²) in [5.74, 6) is 1.31. The molecule has 1 aromatic rings. The lowest BCUT2D eigenvalue weighted by molar-refractivity contribution is -0.122. The average molecular weight is 277 g/mol. The Bertz CT molecular complexity index is 484. The normalized spacial score (nSPS) is 26.2. The van der Waals surface area contributed by atoms with Gasteiger partial charge in [0, 0.05) is 10.9 Å². The number of ketones is 1. The minimum absolute atomic E-state index is 0.190. The molecule has 0 bridgehead atoms. The van der Waals surface area contributed by atoms with Crippen LogP contribution in [0.25, 0.3) is 6.08 Å². The highest BCUT2D eigenvalue weighted by atomic mass is 35.5. The number of halogens is 1. The Balaban J connectivity index is 2.29. The third-order valence-electron chi connectivity index (χ3n) is 4.06. The highest BCUT2D eigenvalue weighted by Gasteiger charge is 2.32. The fourth-order valence-electron chi connectivity index (χ4n) is 2.76. The van der Waals surface area contributed by atoms with Crippen LogP contribution >= 0.6 is 11.6 Å². The first-order valence-corrected chi connectivity index (χ1v) is 7.38. The Labute approximate surface area is 120 Å². The van der Waals surface area contributed by atoms with E-state index in [4.69, 9.17) is 11.6 Å². The third kappa shape index (κ3) is 3.27. The predicted octanol–water partition coefficient (Wildman–Crippen LogP) is 4.99. The van der Waals surface area contributed by atoms with Crippen LogP contribution in [0.1, 0.15) is 39.2 Å². The van der Waals surface area contributed by atoms with E-state index in [1.165, 1.54) is 0 Å². The van der Waals surface area contributed by atoms with Crippen LogP contribution in [0.5, 0.6) is 0 Å². The van der Waals surface area contributed by atoms with Crippen LogP contribution in [-0.4, -0.2) is 5.78 Å². The SMILES string of the molecule is CC1CCC(C(C)C)C(=O)/C1=C\c1ccc(Cl)cc1. The Morgan fingerprint density at radius 3 is 2.42 bits per heavy atom. The molecule has 19 heavy (non-hydrogen) atoms. The maximum absolute atomic E-state index is 12.6. The van der Waals surface area contributed by atoms with Crippen molar-refractivity contribution in [3.63, 3.8) is 0 Å². The average Bonchev–Trinajstić information content (AvgIpc) is 2.36. The maximum Gasteiger partial charge on any atom is 0.162 e. The molecule has 102 valence electrons. The second-order valence-corrected chi connectivity index (χ2v) is 6.28. The summed E-state index contributed by atoms with van der Waals surface area (Å²) in [7, 11) is 0. The Morgan fingerprint density at radius 2 is 1.84 bits per heavy atom. The van der Waals surface area contributed by atoms with Crippen LogP contribution in [0, 0.1) is 17.8 Å². The van der Waals surface area contributed by atoms with Crippen LogP contribution in [0.4, 0.5) is 0 Å². The van der Waals surface area contributed by atoms with Crippen LogP contribution < -0.4 is 0 Å². The molecule has 0 heterocycles. The molecule has 0 radical (unpaired) electrons. The van der Waals surface area contributed by atoms with Crippen LogP contribution in [0.15, 0.2) is 29.8 Å². The van der Waals surface area contributed by atoms with Gasteiger partial charge in [0.2, 0.25) is 0 Å². The summed E-state index contributed by atoms with van der Waals surface area (Å²) in [6.45, 7) is 6.42. The summed E-state index contributed by atoms with van der Waals surface area (Å²) in [4.78, 5) is 12.6. The van der Waals surface area contributed by atoms with Crippen molar-refractivity contribution in [1.82, 2.24) is 0 Å². The van der Waals surface area contributed by atoms with Gasteiger partial charge < -0.3 is 0 Å². The zero-order chi connectivity index (χ0) is 14.0. The molecule has 0 saturated heterocycles. The molecular formula is C17H21ClO. The number of hydrogen-bond acceptors (Lipinski definition) is 1. The lowest BCUT2D eigenvalue weighted by Gasteiger charge is -2.30. The van der Waals surface area contributed by atoms with Crippen molar-refractivity contribution in [2.45, 2.75) is 33.6 Å². The zero-order valence-corrected chi connectivity index (χ0v) is 12.6. The largest absolute Gasteiger partial charge is 0.294 e. The predicted molar refractivity (Wildman–Crippen MR) is 81.2 cm³/mol. The van der Waals surface area contributed by atoms with Gasteiger partial charge in [0.05, 0.1) is 0 Å². The highest BCUT2D eigenvalue weighted by molar-refractivity contribution is 6.30. The first-order chi connectivity index (χ1) is 8.99. The van der Waals surface area contributed by atoms with Crippen LogP contribution in [0.2, 0.25) is 5.02 Å². The zero-order valence-electron chi connectivity index (χ0n) is 11.8. The number of hydrogen-bond donors (Lipinski definition) is 0. The van der Waals surface area contributed by atoms with Crippen molar-refractivity contribution >= 4 is 23.5 Å². The Morgan fingerprint density at radius 1 is 1.21 bits per heavy atom. The van der Waals surface area contributed by atoms with E-state index < -0.39 is 0 Å². The summed E-state index contributed by atoms with van der Waals surface area (Å²) in [5, 5.41) is 0.727. The summed E-state index contributed by atoms with van der Waals surface area (Å²) >= 11 is 5.89. The summed E-state index contributed by atoms with van der Waals surface area (Å²) < 4.78 is 0. The number of carbonyl (C=O) groups excluding carboxylic acids is 1. The molecule has 1 fully saturated rings. The second kappa shape index (κ2) is 5.92. The number of Topliss-reactive ketones (excluding diaryl/α,β-unsaturated/α-hetero) is 1. The molecular weight excluding hydrogens is 256 g/mol. The quantitative estimate of drug-likeness (QED) is 0.695. The van der Waals surface area contributed by atoms with Crippen molar-refractivity contribution in [2.24, 2.45) is 17.8 Å². The molecule has 1 aromatic carbocycles. The molecule has 1 aliphatic carbocycles. The molecule has 2 rings (SSSR count). The van der Waals surface area contributed by atoms with E-state index in [-0.39, 0.29) is 5.92 Å². The number of benzene rings is 1. The number of carbonyl (C=O) groups is 1. The minimum atomic E-state index is 0.190. The Hall–Kier alpha value is -1.08. The number of allylic oxidation sites excluding steroid dienone is 1. The van der Waals surface area contributed by atoms with Gasteiger partial charge in [-0.3, -0.25) is 4.79 Å². The first-order valence-electron chi connectivity index (χ1n) is 7.00. The highest BCUT2D eigenvalue weighted by Crippen LogP contribution is 2.35. The van der Waals surface area contributed by atoms with Gasteiger partial charge in [-0.2, -0.15) is 0 Å². The maximum atomic E-state index is 12.6. The number of rotatable bonds is 2. The van der Waals surface area contributed by atoms with Crippen molar-refractivity contribution in [2.75, 3.05) is 0 Å². The van der Waals surface area contributed by atoms with E-state index in [0.717, 1.165) is 29.0 Å². The molecule has 0 N–H and O–H groups in total. The molecule has 0 amide bonds. The van der Waals surface area contributed by atoms with E-state index in [9.17, 15) is 4.79 Å². The summed E-state index contributed by atoms with van der Waals surface area (Å²) in [6, 6.07) is 7.67. The van der Waals surface area contributed by atoms with E-state index in [1.54, 1.807) is 0 Å².